The third-order valence-electron chi connectivity index (χ3n) is 1.91. The molecule has 100 valence electrons. The van der Waals surface area contributed by atoms with Crippen molar-refractivity contribution in [2.75, 3.05) is 20.3 Å². The summed E-state index contributed by atoms with van der Waals surface area (Å²) in [7, 11) is 2.69. The molecule has 0 saturated carbocycles. The number of hydrogen-bond acceptors (Lipinski definition) is 5. The Bertz CT molecular complexity index is 541. The maximum Gasteiger partial charge on any atom is 0.338 e. The SMILES string of the molecule is COCCOC(=O)c1cc(Cl)cc(S(=O)(=O)Cl)c1. The van der Waals surface area contributed by atoms with E-state index in [0.29, 0.717) is 0 Å². The standard InChI is InChI=1S/C10H10Cl2O5S/c1-16-2-3-17-10(13)7-4-8(11)6-9(5-7)18(12,14)15/h4-6H,2-3H2,1H3. The molecule has 0 heterocycles. The van der Waals surface area contributed by atoms with E-state index in [0.717, 1.165) is 12.1 Å². The Hall–Kier alpha value is -0.820. The highest BCUT2D eigenvalue weighted by atomic mass is 35.7. The highest BCUT2D eigenvalue weighted by Crippen LogP contribution is 2.22. The lowest BCUT2D eigenvalue weighted by molar-refractivity contribution is 0.0388. The summed E-state index contributed by atoms with van der Waals surface area (Å²) in [5, 5.41) is 0.0791. The van der Waals surface area contributed by atoms with Gasteiger partial charge < -0.3 is 9.47 Å². The molecule has 0 atom stereocenters. The van der Waals surface area contributed by atoms with Gasteiger partial charge in [-0.05, 0) is 18.2 Å². The van der Waals surface area contributed by atoms with Crippen LogP contribution in [0.2, 0.25) is 5.02 Å². The number of benzene rings is 1. The lowest BCUT2D eigenvalue weighted by Crippen LogP contribution is -2.10. The molecule has 0 spiro atoms. The van der Waals surface area contributed by atoms with Crippen LogP contribution >= 0.6 is 22.3 Å². The maximum atomic E-state index is 11.6. The average Bonchev–Trinajstić information content (AvgIpc) is 2.27. The van der Waals surface area contributed by atoms with E-state index in [1.165, 1.54) is 13.2 Å². The molecule has 0 fully saturated rings. The van der Waals surface area contributed by atoms with Crippen LogP contribution in [-0.2, 0) is 18.5 Å². The molecule has 0 amide bonds. The summed E-state index contributed by atoms with van der Waals surface area (Å²) in [5.41, 5.74) is 0.0119. The maximum absolute atomic E-state index is 11.6. The van der Waals surface area contributed by atoms with E-state index in [4.69, 9.17) is 31.8 Å². The molecule has 0 saturated heterocycles. The van der Waals surface area contributed by atoms with E-state index < -0.39 is 15.0 Å². The van der Waals surface area contributed by atoms with Crippen molar-refractivity contribution >= 4 is 37.3 Å². The van der Waals surface area contributed by atoms with E-state index in [-0.39, 0.29) is 28.7 Å². The normalized spacial score (nSPS) is 11.3. The fraction of sp³-hybridized carbons (Fsp3) is 0.300. The molecule has 5 nitrogen and oxygen atoms in total. The molecule has 1 rings (SSSR count). The number of ether oxygens (including phenoxy) is 2. The summed E-state index contributed by atoms with van der Waals surface area (Å²) in [5.74, 6) is -0.698. The summed E-state index contributed by atoms with van der Waals surface area (Å²) in [6.07, 6.45) is 0. The van der Waals surface area contributed by atoms with Gasteiger partial charge in [-0.3, -0.25) is 0 Å². The van der Waals surface area contributed by atoms with E-state index >= 15 is 0 Å². The first-order chi connectivity index (χ1) is 8.34. The Balaban J connectivity index is 2.96. The fourth-order valence-corrected chi connectivity index (χ4v) is 2.22. The van der Waals surface area contributed by atoms with Crippen LogP contribution in [0.15, 0.2) is 23.1 Å². The van der Waals surface area contributed by atoms with Gasteiger partial charge >= 0.3 is 5.97 Å². The van der Waals surface area contributed by atoms with E-state index in [1.807, 2.05) is 0 Å². The number of halogens is 2. The third-order valence-corrected chi connectivity index (χ3v) is 3.46. The topological polar surface area (TPSA) is 69.7 Å². The van der Waals surface area contributed by atoms with Crippen molar-refractivity contribution in [2.24, 2.45) is 0 Å². The van der Waals surface area contributed by atoms with Crippen LogP contribution in [0.3, 0.4) is 0 Å². The summed E-state index contributed by atoms with van der Waals surface area (Å²) < 4.78 is 31.9. The number of carbonyl (C=O) groups is 1. The highest BCUT2D eigenvalue weighted by Gasteiger charge is 2.16. The first kappa shape index (κ1) is 15.2. The molecule has 0 aliphatic heterocycles. The number of carbonyl (C=O) groups excluding carboxylic acids is 1. The average molecular weight is 313 g/mol. The zero-order chi connectivity index (χ0) is 13.8. The predicted molar refractivity (Wildman–Crippen MR) is 66.6 cm³/mol. The van der Waals surface area contributed by atoms with Gasteiger partial charge in [0.15, 0.2) is 0 Å². The van der Waals surface area contributed by atoms with Gasteiger partial charge in [0.1, 0.15) is 6.61 Å². The molecule has 8 heteroatoms. The largest absolute Gasteiger partial charge is 0.460 e. The molecule has 0 aliphatic carbocycles. The zero-order valence-corrected chi connectivity index (χ0v) is 11.7. The van der Waals surface area contributed by atoms with Crippen LogP contribution < -0.4 is 0 Å². The first-order valence-electron chi connectivity index (χ1n) is 4.76. The van der Waals surface area contributed by atoms with Crippen LogP contribution in [0.4, 0.5) is 0 Å². The molecule has 0 unspecified atom stereocenters. The van der Waals surface area contributed by atoms with Gasteiger partial charge in [0.05, 0.1) is 17.1 Å². The third kappa shape index (κ3) is 4.45. The minimum absolute atomic E-state index is 0.0119. The summed E-state index contributed by atoms with van der Waals surface area (Å²) in [6.45, 7) is 0.303. The molecule has 0 bridgehead atoms. The number of hydrogen-bond donors (Lipinski definition) is 0. The van der Waals surface area contributed by atoms with E-state index in [2.05, 4.69) is 0 Å². The van der Waals surface area contributed by atoms with Gasteiger partial charge in [0, 0.05) is 22.8 Å². The summed E-state index contributed by atoms with van der Waals surface area (Å²) in [6, 6.07) is 3.54. The lowest BCUT2D eigenvalue weighted by Gasteiger charge is -2.05. The monoisotopic (exact) mass is 312 g/mol. The molecule has 1 aromatic carbocycles. The molecule has 0 aromatic heterocycles. The first-order valence-corrected chi connectivity index (χ1v) is 7.44. The Labute approximate surface area is 114 Å². The van der Waals surface area contributed by atoms with Crippen molar-refractivity contribution in [2.45, 2.75) is 4.90 Å². The minimum Gasteiger partial charge on any atom is -0.460 e. The van der Waals surface area contributed by atoms with Gasteiger partial charge in [-0.15, -0.1) is 0 Å². The minimum atomic E-state index is -3.95. The predicted octanol–water partition coefficient (Wildman–Crippen LogP) is 2.07. The van der Waals surface area contributed by atoms with Crippen molar-refractivity contribution in [3.8, 4) is 0 Å². The Kier molecular flexibility index (Phi) is 5.40. The second-order valence-corrected chi connectivity index (χ2v) is 6.24. The van der Waals surface area contributed by atoms with Crippen molar-refractivity contribution < 1.29 is 22.7 Å². The quantitative estimate of drug-likeness (QED) is 0.473. The molecule has 1 aromatic rings. The fourth-order valence-electron chi connectivity index (χ4n) is 1.12. The molecule has 0 N–H and O–H groups in total. The molecular weight excluding hydrogens is 303 g/mol. The van der Waals surface area contributed by atoms with Crippen molar-refractivity contribution in [3.63, 3.8) is 0 Å². The highest BCUT2D eigenvalue weighted by molar-refractivity contribution is 8.13. The van der Waals surface area contributed by atoms with Gasteiger partial charge in [-0.1, -0.05) is 11.6 Å². The van der Waals surface area contributed by atoms with Crippen LogP contribution in [-0.4, -0.2) is 34.7 Å². The van der Waals surface area contributed by atoms with Gasteiger partial charge in [-0.2, -0.15) is 0 Å². The van der Waals surface area contributed by atoms with Crippen LogP contribution in [0.1, 0.15) is 10.4 Å². The molecule has 18 heavy (non-hydrogen) atoms. The van der Waals surface area contributed by atoms with E-state index in [1.54, 1.807) is 0 Å². The van der Waals surface area contributed by atoms with Gasteiger partial charge in [0.2, 0.25) is 0 Å². The number of methoxy groups -OCH3 is 1. The van der Waals surface area contributed by atoms with Crippen LogP contribution in [0.5, 0.6) is 0 Å². The second kappa shape index (κ2) is 6.38. The summed E-state index contributed by atoms with van der Waals surface area (Å²) >= 11 is 5.71. The van der Waals surface area contributed by atoms with Gasteiger partial charge in [-0.25, -0.2) is 13.2 Å². The molecule has 0 aliphatic rings. The van der Waals surface area contributed by atoms with Crippen molar-refractivity contribution in [3.05, 3.63) is 28.8 Å². The smallest absolute Gasteiger partial charge is 0.338 e. The van der Waals surface area contributed by atoms with Crippen molar-refractivity contribution in [1.29, 1.82) is 0 Å². The van der Waals surface area contributed by atoms with E-state index in [9.17, 15) is 13.2 Å². The van der Waals surface area contributed by atoms with Gasteiger partial charge in [0.25, 0.3) is 9.05 Å². The van der Waals surface area contributed by atoms with Crippen LogP contribution in [0, 0.1) is 0 Å². The summed E-state index contributed by atoms with van der Waals surface area (Å²) in [4.78, 5) is 11.3. The molecular formula is C10H10Cl2O5S. The zero-order valence-electron chi connectivity index (χ0n) is 9.35. The lowest BCUT2D eigenvalue weighted by atomic mass is 10.2. The Morgan fingerprint density at radius 3 is 2.50 bits per heavy atom. The van der Waals surface area contributed by atoms with Crippen molar-refractivity contribution in [1.82, 2.24) is 0 Å². The number of rotatable bonds is 5. The van der Waals surface area contributed by atoms with Crippen LogP contribution in [0.25, 0.3) is 0 Å². The number of esters is 1. The second-order valence-electron chi connectivity index (χ2n) is 3.24. The molecule has 0 radical (unpaired) electrons. The Morgan fingerprint density at radius 1 is 1.28 bits per heavy atom. The Morgan fingerprint density at radius 2 is 1.94 bits per heavy atom.